The summed E-state index contributed by atoms with van der Waals surface area (Å²) in [6, 6.07) is 17.8. The molecule has 3 aromatic rings. The van der Waals surface area contributed by atoms with Crippen molar-refractivity contribution in [2.75, 3.05) is 6.61 Å². The lowest BCUT2D eigenvalue weighted by molar-refractivity contribution is -0.137. The Morgan fingerprint density at radius 2 is 1.63 bits per heavy atom. The van der Waals surface area contributed by atoms with Crippen molar-refractivity contribution < 1.29 is 32.5 Å². The molecular formula is C23H17F3O4. The highest BCUT2D eigenvalue weighted by Gasteiger charge is 2.29. The van der Waals surface area contributed by atoms with Gasteiger partial charge in [-0.1, -0.05) is 36.4 Å². The Morgan fingerprint density at radius 1 is 0.933 bits per heavy atom. The molecule has 0 saturated carbocycles. The van der Waals surface area contributed by atoms with Crippen LogP contribution in [-0.2, 0) is 6.18 Å². The molecule has 4 nitrogen and oxygen atoms in total. The molecule has 7 heteroatoms. The van der Waals surface area contributed by atoms with Crippen molar-refractivity contribution in [3.05, 3.63) is 95.6 Å². The lowest BCUT2D eigenvalue weighted by Gasteiger charge is -2.10. The van der Waals surface area contributed by atoms with Crippen LogP contribution in [0.15, 0.2) is 78.9 Å². The molecule has 1 N–H and O–H groups in total. The lowest BCUT2D eigenvalue weighted by atomic mass is 10.1. The van der Waals surface area contributed by atoms with E-state index in [1.807, 2.05) is 0 Å². The van der Waals surface area contributed by atoms with Gasteiger partial charge in [0.15, 0.2) is 0 Å². The number of ether oxygens (including phenoxy) is 2. The van der Waals surface area contributed by atoms with Gasteiger partial charge in [0.25, 0.3) is 0 Å². The Kier molecular flexibility index (Phi) is 6.41. The molecule has 0 radical (unpaired) electrons. The van der Waals surface area contributed by atoms with Gasteiger partial charge in [0.1, 0.15) is 29.4 Å². The van der Waals surface area contributed by atoms with Gasteiger partial charge in [0.2, 0.25) is 0 Å². The number of carboxylic acid groups (broad SMARTS) is 1. The Hall–Kier alpha value is -3.74. The molecule has 0 heterocycles. The van der Waals surface area contributed by atoms with Gasteiger partial charge in [-0.05, 0) is 48.0 Å². The van der Waals surface area contributed by atoms with Crippen LogP contribution in [0.1, 0.15) is 21.5 Å². The summed E-state index contributed by atoms with van der Waals surface area (Å²) in [5.41, 5.74) is -0.0329. The maximum atomic E-state index is 12.6. The smallest absolute Gasteiger partial charge is 0.416 e. The van der Waals surface area contributed by atoms with E-state index in [4.69, 9.17) is 9.47 Å². The first kappa shape index (κ1) is 21.0. The first-order valence-corrected chi connectivity index (χ1v) is 8.90. The van der Waals surface area contributed by atoms with Gasteiger partial charge in [0.05, 0.1) is 5.56 Å². The SMILES string of the molecule is O=C(O)c1ccccc1Oc1cccc(OCC=Cc2ccc(C(F)(F)F)cc2)c1. The van der Waals surface area contributed by atoms with Gasteiger partial charge >= 0.3 is 12.1 Å². The molecule has 0 bridgehead atoms. The molecule has 0 aliphatic carbocycles. The van der Waals surface area contributed by atoms with E-state index in [-0.39, 0.29) is 17.9 Å². The van der Waals surface area contributed by atoms with Crippen LogP contribution in [0.4, 0.5) is 13.2 Å². The van der Waals surface area contributed by atoms with Crippen LogP contribution in [0.2, 0.25) is 0 Å². The van der Waals surface area contributed by atoms with Crippen molar-refractivity contribution >= 4 is 12.0 Å². The number of hydrogen-bond donors (Lipinski definition) is 1. The van der Waals surface area contributed by atoms with Crippen molar-refractivity contribution in [1.82, 2.24) is 0 Å². The highest BCUT2D eigenvalue weighted by atomic mass is 19.4. The standard InChI is InChI=1S/C23H17F3O4/c24-23(25,26)17-12-10-16(11-13-17)5-4-14-29-18-6-3-7-19(15-18)30-21-9-2-1-8-20(21)22(27)28/h1-13,15H,14H2,(H,27,28). The Bertz CT molecular complexity index is 1040. The molecule has 0 aliphatic heterocycles. The third-order valence-corrected chi connectivity index (χ3v) is 4.05. The Balaban J connectivity index is 1.60. The highest BCUT2D eigenvalue weighted by Crippen LogP contribution is 2.29. The maximum Gasteiger partial charge on any atom is 0.416 e. The zero-order valence-corrected chi connectivity index (χ0v) is 15.6. The van der Waals surface area contributed by atoms with E-state index in [2.05, 4.69) is 0 Å². The van der Waals surface area contributed by atoms with E-state index in [1.165, 1.54) is 18.2 Å². The predicted molar refractivity (Wildman–Crippen MR) is 106 cm³/mol. The van der Waals surface area contributed by atoms with Crippen LogP contribution < -0.4 is 9.47 Å². The van der Waals surface area contributed by atoms with Gasteiger partial charge in [-0.15, -0.1) is 0 Å². The van der Waals surface area contributed by atoms with Crippen molar-refractivity contribution in [2.45, 2.75) is 6.18 Å². The van der Waals surface area contributed by atoms with Gasteiger partial charge in [0, 0.05) is 6.07 Å². The van der Waals surface area contributed by atoms with Crippen LogP contribution >= 0.6 is 0 Å². The number of aromatic carboxylic acids is 1. The summed E-state index contributed by atoms with van der Waals surface area (Å²) < 4.78 is 49.0. The van der Waals surface area contributed by atoms with Gasteiger partial charge in [-0.25, -0.2) is 4.79 Å². The van der Waals surface area contributed by atoms with E-state index in [1.54, 1.807) is 54.6 Å². The fourth-order valence-electron chi connectivity index (χ4n) is 2.60. The molecule has 3 aromatic carbocycles. The third-order valence-electron chi connectivity index (χ3n) is 4.05. The van der Waals surface area contributed by atoms with Crippen molar-refractivity contribution in [3.8, 4) is 17.2 Å². The lowest BCUT2D eigenvalue weighted by Crippen LogP contribution is -2.03. The second-order valence-corrected chi connectivity index (χ2v) is 6.21. The van der Waals surface area contributed by atoms with Crippen LogP contribution in [0, 0.1) is 0 Å². The molecule has 30 heavy (non-hydrogen) atoms. The predicted octanol–water partition coefficient (Wildman–Crippen LogP) is 6.29. The van der Waals surface area contributed by atoms with Crippen molar-refractivity contribution in [1.29, 1.82) is 0 Å². The van der Waals surface area contributed by atoms with Gasteiger partial charge < -0.3 is 14.6 Å². The van der Waals surface area contributed by atoms with E-state index >= 15 is 0 Å². The summed E-state index contributed by atoms with van der Waals surface area (Å²) in [4.78, 5) is 11.3. The van der Waals surface area contributed by atoms with Crippen molar-refractivity contribution in [2.24, 2.45) is 0 Å². The van der Waals surface area contributed by atoms with Crippen molar-refractivity contribution in [3.63, 3.8) is 0 Å². The second-order valence-electron chi connectivity index (χ2n) is 6.21. The average Bonchev–Trinajstić information content (AvgIpc) is 2.71. The summed E-state index contributed by atoms with van der Waals surface area (Å²) in [6.07, 6.45) is -1.02. The average molecular weight is 414 g/mol. The third kappa shape index (κ3) is 5.64. The van der Waals surface area contributed by atoms with E-state index < -0.39 is 17.7 Å². The molecular weight excluding hydrogens is 397 g/mol. The summed E-state index contributed by atoms with van der Waals surface area (Å²) in [7, 11) is 0. The summed E-state index contributed by atoms with van der Waals surface area (Å²) >= 11 is 0. The Labute approximate surface area is 170 Å². The molecule has 0 atom stereocenters. The van der Waals surface area contributed by atoms with E-state index in [9.17, 15) is 23.1 Å². The minimum Gasteiger partial charge on any atom is -0.489 e. The summed E-state index contributed by atoms with van der Waals surface area (Å²) in [5.74, 6) is 0.0288. The first-order chi connectivity index (χ1) is 14.3. The van der Waals surface area contributed by atoms with Gasteiger partial charge in [-0.2, -0.15) is 13.2 Å². The molecule has 3 rings (SSSR count). The van der Waals surface area contributed by atoms with Crippen LogP contribution in [0.25, 0.3) is 6.08 Å². The molecule has 0 aliphatic rings. The molecule has 0 amide bonds. The van der Waals surface area contributed by atoms with E-state index in [0.29, 0.717) is 17.1 Å². The molecule has 0 unspecified atom stereocenters. The minimum atomic E-state index is -4.36. The number of rotatable bonds is 7. The Morgan fingerprint density at radius 3 is 2.33 bits per heavy atom. The number of carboxylic acids is 1. The number of halogens is 3. The van der Waals surface area contributed by atoms with Crippen LogP contribution in [0.3, 0.4) is 0 Å². The summed E-state index contributed by atoms with van der Waals surface area (Å²) in [5, 5.41) is 9.22. The largest absolute Gasteiger partial charge is 0.489 e. The zero-order chi connectivity index (χ0) is 21.6. The second kappa shape index (κ2) is 9.17. The molecule has 0 aromatic heterocycles. The number of carbonyl (C=O) groups is 1. The first-order valence-electron chi connectivity index (χ1n) is 8.90. The highest BCUT2D eigenvalue weighted by molar-refractivity contribution is 5.90. The quantitative estimate of drug-likeness (QED) is 0.494. The van der Waals surface area contributed by atoms with Crippen LogP contribution in [0.5, 0.6) is 17.2 Å². The zero-order valence-electron chi connectivity index (χ0n) is 15.6. The van der Waals surface area contributed by atoms with E-state index in [0.717, 1.165) is 12.1 Å². The molecule has 154 valence electrons. The minimum absolute atomic E-state index is 0.0447. The summed E-state index contributed by atoms with van der Waals surface area (Å²) in [6.45, 7) is 0.191. The molecule has 0 spiro atoms. The molecule has 0 fully saturated rings. The topological polar surface area (TPSA) is 55.8 Å². The fraction of sp³-hybridized carbons (Fsp3) is 0.0870. The monoisotopic (exact) mass is 414 g/mol. The fourth-order valence-corrected chi connectivity index (χ4v) is 2.60. The normalized spacial score (nSPS) is 11.4. The van der Waals surface area contributed by atoms with Gasteiger partial charge in [-0.3, -0.25) is 0 Å². The number of alkyl halides is 3. The maximum absolute atomic E-state index is 12.6. The number of para-hydroxylation sites is 1. The van der Waals surface area contributed by atoms with Crippen LogP contribution in [-0.4, -0.2) is 17.7 Å². The molecule has 0 saturated heterocycles. The number of benzene rings is 3. The number of hydrogen-bond acceptors (Lipinski definition) is 3.